The Bertz CT molecular complexity index is 154. The molecule has 0 aliphatic rings. The van der Waals surface area contributed by atoms with Gasteiger partial charge in [0, 0.05) is 59.4 Å². The maximum atomic E-state index is 8.88. The zero-order chi connectivity index (χ0) is 11.6. The van der Waals surface area contributed by atoms with Gasteiger partial charge in [-0.25, -0.2) is 4.57 Å². The minimum absolute atomic E-state index is 0. The molecule has 5 nitrogen and oxygen atoms in total. The predicted octanol–water partition coefficient (Wildman–Crippen LogP) is 1.13. The number of aliphatic hydroxyl groups excluding tert-OH is 1. The van der Waals surface area contributed by atoms with Crippen LogP contribution in [-0.4, -0.2) is 77.8 Å². The average Bonchev–Trinajstić information content (AvgIpc) is 2.04. The van der Waals surface area contributed by atoms with Gasteiger partial charge in [-0.2, -0.15) is 0 Å². The molecule has 0 spiro atoms. The molecule has 1 radical (unpaired) electrons. The Kier molecular flexibility index (Phi) is 20.1. The smallest absolute Gasteiger partial charge is 0.396 e. The van der Waals surface area contributed by atoms with Crippen molar-refractivity contribution in [1.82, 2.24) is 0 Å². The van der Waals surface area contributed by atoms with Gasteiger partial charge in [0.1, 0.15) is 0 Å². The van der Waals surface area contributed by atoms with E-state index in [-0.39, 0.29) is 52.8 Å². The molecule has 0 fully saturated rings. The molecule has 0 aromatic heterocycles. The van der Waals surface area contributed by atoms with Gasteiger partial charge in [-0.3, -0.25) is 0 Å². The summed E-state index contributed by atoms with van der Waals surface area (Å²) in [5.41, 5.74) is 0. The summed E-state index contributed by atoms with van der Waals surface area (Å²) in [7, 11) is -4.64. The summed E-state index contributed by atoms with van der Waals surface area (Å²) in [6, 6.07) is 0. The van der Waals surface area contributed by atoms with E-state index >= 15 is 0 Å². The quantitative estimate of drug-likeness (QED) is 0.443. The molecule has 0 aromatic carbocycles. The van der Waals surface area contributed by atoms with Crippen LogP contribution in [0, 0.1) is 5.92 Å². The second-order valence-electron chi connectivity index (χ2n) is 3.11. The van der Waals surface area contributed by atoms with Gasteiger partial charge in [0.25, 0.3) is 0 Å². The third-order valence-corrected chi connectivity index (χ3v) is 1.80. The van der Waals surface area contributed by atoms with E-state index in [4.69, 9.17) is 24.4 Å². The van der Waals surface area contributed by atoms with Crippen LogP contribution in [0.1, 0.15) is 41.0 Å². The van der Waals surface area contributed by atoms with E-state index in [2.05, 4.69) is 13.8 Å². The van der Waals surface area contributed by atoms with Crippen molar-refractivity contribution in [3.8, 4) is 0 Å². The predicted molar refractivity (Wildman–Crippen MR) is 62.5 cm³/mol. The SMILES string of the molecule is CCCCC(CC)CO.O=P(O)(O)O.[HH].[K]. The maximum Gasteiger partial charge on any atom is 0.466 e. The van der Waals surface area contributed by atoms with E-state index in [9.17, 15) is 0 Å². The molecule has 0 bridgehead atoms. The van der Waals surface area contributed by atoms with Crippen LogP contribution in [0.4, 0.5) is 0 Å². The molecular weight excluding hydrogens is 246 g/mol. The third-order valence-electron chi connectivity index (χ3n) is 1.80. The number of rotatable bonds is 5. The number of unbranched alkanes of at least 4 members (excludes halogenated alkanes) is 1. The summed E-state index contributed by atoms with van der Waals surface area (Å²) in [5.74, 6) is 0.560. The first-order valence-corrected chi connectivity index (χ1v) is 6.30. The second kappa shape index (κ2) is 13.8. The molecule has 1 unspecified atom stereocenters. The first-order chi connectivity index (χ1) is 6.35. The standard InChI is InChI=1S/C8H18O.K.H3O4P.H2/c1-3-5-6-8(4-2)7-9;;1-5(2,3)4;/h8-9H,3-7H2,1-2H3;;(H3,1,2,3,4);1H. The van der Waals surface area contributed by atoms with Crippen molar-refractivity contribution >= 4 is 59.2 Å². The summed E-state index contributed by atoms with van der Waals surface area (Å²) in [6.07, 6.45) is 4.83. The van der Waals surface area contributed by atoms with Crippen molar-refractivity contribution in [2.45, 2.75) is 39.5 Å². The second-order valence-corrected chi connectivity index (χ2v) is 4.14. The molecule has 0 aliphatic heterocycles. The van der Waals surface area contributed by atoms with Crippen LogP contribution in [-0.2, 0) is 4.57 Å². The van der Waals surface area contributed by atoms with E-state index in [1.807, 2.05) is 0 Å². The Morgan fingerprint density at radius 1 is 1.27 bits per heavy atom. The largest absolute Gasteiger partial charge is 0.466 e. The van der Waals surface area contributed by atoms with Crippen LogP contribution in [0.25, 0.3) is 0 Å². The van der Waals surface area contributed by atoms with Gasteiger partial charge in [-0.15, -0.1) is 0 Å². The Hall–Kier alpha value is 1.71. The molecule has 0 aliphatic carbocycles. The molecule has 15 heavy (non-hydrogen) atoms. The van der Waals surface area contributed by atoms with Gasteiger partial charge in [0.15, 0.2) is 0 Å². The number of hydrogen-bond acceptors (Lipinski definition) is 2. The minimum Gasteiger partial charge on any atom is -0.396 e. The molecule has 91 valence electrons. The normalized spacial score (nSPS) is 12.1. The molecule has 0 saturated heterocycles. The summed E-state index contributed by atoms with van der Waals surface area (Å²) < 4.78 is 8.88. The molecular formula is C8H23KO5P. The average molecular weight is 269 g/mol. The fourth-order valence-corrected chi connectivity index (χ4v) is 0.917. The van der Waals surface area contributed by atoms with Crippen molar-refractivity contribution in [3.05, 3.63) is 0 Å². The van der Waals surface area contributed by atoms with Crippen LogP contribution < -0.4 is 0 Å². The van der Waals surface area contributed by atoms with Crippen molar-refractivity contribution < 1.29 is 25.8 Å². The van der Waals surface area contributed by atoms with Crippen molar-refractivity contribution in [2.75, 3.05) is 6.61 Å². The van der Waals surface area contributed by atoms with Crippen molar-refractivity contribution in [2.24, 2.45) is 5.92 Å². The molecule has 0 rings (SSSR count). The Morgan fingerprint density at radius 3 is 1.87 bits per heavy atom. The van der Waals surface area contributed by atoms with Gasteiger partial charge in [-0.1, -0.05) is 33.1 Å². The Morgan fingerprint density at radius 2 is 1.67 bits per heavy atom. The fourth-order valence-electron chi connectivity index (χ4n) is 0.917. The summed E-state index contributed by atoms with van der Waals surface area (Å²) >= 11 is 0. The monoisotopic (exact) mass is 269 g/mol. The minimum atomic E-state index is -4.64. The van der Waals surface area contributed by atoms with Crippen LogP contribution in [0.15, 0.2) is 0 Å². The molecule has 0 saturated carbocycles. The van der Waals surface area contributed by atoms with Crippen LogP contribution >= 0.6 is 7.82 Å². The fraction of sp³-hybridized carbons (Fsp3) is 1.00. The number of aliphatic hydroxyl groups is 1. The van der Waals surface area contributed by atoms with Crippen LogP contribution in [0.3, 0.4) is 0 Å². The first-order valence-electron chi connectivity index (χ1n) is 4.74. The van der Waals surface area contributed by atoms with E-state index in [0.29, 0.717) is 12.5 Å². The third kappa shape index (κ3) is 31.3. The zero-order valence-electron chi connectivity index (χ0n) is 9.76. The van der Waals surface area contributed by atoms with Crippen LogP contribution in [0.5, 0.6) is 0 Å². The Balaban J connectivity index is -0.0000000904. The van der Waals surface area contributed by atoms with Gasteiger partial charge in [0.05, 0.1) is 0 Å². The van der Waals surface area contributed by atoms with Gasteiger partial charge >= 0.3 is 7.82 Å². The molecule has 1 atom stereocenters. The van der Waals surface area contributed by atoms with Crippen molar-refractivity contribution in [1.29, 1.82) is 0 Å². The summed E-state index contributed by atoms with van der Waals surface area (Å²) in [5, 5.41) is 8.75. The number of hydrogen-bond donors (Lipinski definition) is 4. The molecule has 4 N–H and O–H groups in total. The molecule has 0 aromatic rings. The zero-order valence-corrected chi connectivity index (χ0v) is 13.8. The molecule has 7 heteroatoms. The van der Waals surface area contributed by atoms with Gasteiger partial charge in [0.2, 0.25) is 0 Å². The van der Waals surface area contributed by atoms with Crippen LogP contribution in [0.2, 0.25) is 0 Å². The van der Waals surface area contributed by atoms with Crippen molar-refractivity contribution in [3.63, 3.8) is 0 Å². The van der Waals surface area contributed by atoms with Gasteiger partial charge in [-0.05, 0) is 12.3 Å². The van der Waals surface area contributed by atoms with Gasteiger partial charge < -0.3 is 19.8 Å². The van der Waals surface area contributed by atoms with E-state index in [1.54, 1.807) is 0 Å². The van der Waals surface area contributed by atoms with E-state index < -0.39 is 7.82 Å². The molecule has 0 amide bonds. The number of phosphoric acid groups is 1. The topological polar surface area (TPSA) is 98.0 Å². The maximum absolute atomic E-state index is 8.88. The van der Waals surface area contributed by atoms with E-state index in [1.165, 1.54) is 19.3 Å². The van der Waals surface area contributed by atoms with E-state index in [0.717, 1.165) is 6.42 Å². The molecule has 0 heterocycles. The summed E-state index contributed by atoms with van der Waals surface area (Å²) in [6.45, 7) is 4.69. The first kappa shape index (κ1) is 21.9. The summed E-state index contributed by atoms with van der Waals surface area (Å²) in [4.78, 5) is 21.6. The Labute approximate surface area is 135 Å².